The number of hydrogen-bond acceptors (Lipinski definition) is 2. The standard InChI is InChI=1S/C22H22F3NO2/c23-22(24,25)20-9-5-4-8-17(20)18-14-19(18)21(27)26-12-10-16(11-13-26)28-15-6-2-1-3-7-15/h1-9,16,18-19H,10-14H2/t18-,19+/m0/s1. The van der Waals surface area contributed by atoms with Crippen LogP contribution in [-0.2, 0) is 11.0 Å². The third-order valence-corrected chi connectivity index (χ3v) is 5.57. The van der Waals surface area contributed by atoms with Crippen LogP contribution in [0.2, 0.25) is 0 Å². The van der Waals surface area contributed by atoms with Crippen LogP contribution < -0.4 is 4.74 Å². The molecule has 0 aromatic heterocycles. The van der Waals surface area contributed by atoms with Crippen molar-refractivity contribution in [3.05, 3.63) is 65.7 Å². The first-order valence-corrected chi connectivity index (χ1v) is 9.60. The monoisotopic (exact) mass is 389 g/mol. The Bertz CT molecular complexity index is 829. The molecule has 1 aliphatic heterocycles. The fraction of sp³-hybridized carbons (Fsp3) is 0.409. The Balaban J connectivity index is 1.34. The van der Waals surface area contributed by atoms with Gasteiger partial charge < -0.3 is 9.64 Å². The van der Waals surface area contributed by atoms with Crippen LogP contribution in [0.3, 0.4) is 0 Å². The van der Waals surface area contributed by atoms with Crippen LogP contribution in [-0.4, -0.2) is 30.0 Å². The average Bonchev–Trinajstić information content (AvgIpc) is 3.49. The minimum atomic E-state index is -4.39. The lowest BCUT2D eigenvalue weighted by Crippen LogP contribution is -2.42. The molecule has 3 nitrogen and oxygen atoms in total. The fourth-order valence-corrected chi connectivity index (χ4v) is 4.01. The summed E-state index contributed by atoms with van der Waals surface area (Å²) in [6.07, 6.45) is -2.37. The number of carbonyl (C=O) groups excluding carboxylic acids is 1. The Morgan fingerprint density at radius 2 is 1.61 bits per heavy atom. The van der Waals surface area contributed by atoms with E-state index in [9.17, 15) is 18.0 Å². The molecule has 2 atom stereocenters. The lowest BCUT2D eigenvalue weighted by molar-refractivity contribution is -0.139. The number of rotatable bonds is 4. The first kappa shape index (κ1) is 18.8. The molecule has 6 heteroatoms. The summed E-state index contributed by atoms with van der Waals surface area (Å²) in [7, 11) is 0. The van der Waals surface area contributed by atoms with Gasteiger partial charge in [-0.05, 0) is 36.1 Å². The summed E-state index contributed by atoms with van der Waals surface area (Å²) >= 11 is 0. The van der Waals surface area contributed by atoms with Gasteiger partial charge in [-0.3, -0.25) is 4.79 Å². The van der Waals surface area contributed by atoms with Crippen molar-refractivity contribution >= 4 is 5.91 Å². The molecule has 1 heterocycles. The molecule has 0 N–H and O–H groups in total. The fourth-order valence-electron chi connectivity index (χ4n) is 4.01. The molecule has 4 rings (SSSR count). The van der Waals surface area contributed by atoms with Gasteiger partial charge in [-0.15, -0.1) is 0 Å². The first-order chi connectivity index (χ1) is 13.4. The third-order valence-electron chi connectivity index (χ3n) is 5.57. The number of nitrogens with zero attached hydrogens (tertiary/aromatic N) is 1. The molecule has 0 radical (unpaired) electrons. The van der Waals surface area contributed by atoms with Crippen LogP contribution in [0.25, 0.3) is 0 Å². The molecule has 1 saturated carbocycles. The van der Waals surface area contributed by atoms with E-state index in [-0.39, 0.29) is 29.4 Å². The number of benzene rings is 2. The number of piperidine rings is 1. The predicted molar refractivity (Wildman–Crippen MR) is 99.0 cm³/mol. The second-order valence-corrected chi connectivity index (χ2v) is 7.49. The van der Waals surface area contributed by atoms with Crippen molar-refractivity contribution in [2.75, 3.05) is 13.1 Å². The summed E-state index contributed by atoms with van der Waals surface area (Å²) in [6, 6.07) is 15.2. The smallest absolute Gasteiger partial charge is 0.416 e. The van der Waals surface area contributed by atoms with E-state index < -0.39 is 11.7 Å². The van der Waals surface area contributed by atoms with Gasteiger partial charge in [0.1, 0.15) is 11.9 Å². The number of carbonyl (C=O) groups is 1. The van der Waals surface area contributed by atoms with Crippen LogP contribution in [0.1, 0.15) is 36.3 Å². The van der Waals surface area contributed by atoms with E-state index in [4.69, 9.17) is 4.74 Å². The molecule has 148 valence electrons. The van der Waals surface area contributed by atoms with Gasteiger partial charge in [0.15, 0.2) is 0 Å². The van der Waals surface area contributed by atoms with Crippen molar-refractivity contribution in [1.82, 2.24) is 4.90 Å². The highest BCUT2D eigenvalue weighted by atomic mass is 19.4. The Morgan fingerprint density at radius 3 is 2.29 bits per heavy atom. The maximum absolute atomic E-state index is 13.2. The molecule has 1 saturated heterocycles. The SMILES string of the molecule is O=C([C@@H]1C[C@H]1c1ccccc1C(F)(F)F)N1CCC(Oc2ccccc2)CC1. The summed E-state index contributed by atoms with van der Waals surface area (Å²) in [4.78, 5) is 14.6. The van der Waals surface area contributed by atoms with E-state index in [1.165, 1.54) is 12.1 Å². The highest BCUT2D eigenvalue weighted by Gasteiger charge is 2.49. The normalized spacial score (nSPS) is 22.8. The van der Waals surface area contributed by atoms with Gasteiger partial charge in [0.25, 0.3) is 0 Å². The number of amides is 1. The number of likely N-dealkylation sites (tertiary alicyclic amines) is 1. The summed E-state index contributed by atoms with van der Waals surface area (Å²) in [5.41, 5.74) is -0.374. The zero-order valence-electron chi connectivity index (χ0n) is 15.4. The van der Waals surface area contributed by atoms with Crippen molar-refractivity contribution in [3.63, 3.8) is 0 Å². The van der Waals surface area contributed by atoms with Gasteiger partial charge >= 0.3 is 6.18 Å². The summed E-state index contributed by atoms with van der Waals surface area (Å²) in [6.45, 7) is 1.17. The maximum Gasteiger partial charge on any atom is 0.416 e. The number of para-hydroxylation sites is 1. The molecule has 1 amide bonds. The molecule has 2 aliphatic rings. The minimum absolute atomic E-state index is 0.0276. The molecule has 2 aromatic rings. The van der Waals surface area contributed by atoms with Gasteiger partial charge in [0.05, 0.1) is 5.56 Å². The van der Waals surface area contributed by atoms with Crippen molar-refractivity contribution in [2.24, 2.45) is 5.92 Å². The minimum Gasteiger partial charge on any atom is -0.490 e. The summed E-state index contributed by atoms with van der Waals surface area (Å²) < 4.78 is 45.6. The lowest BCUT2D eigenvalue weighted by Gasteiger charge is -2.32. The second kappa shape index (κ2) is 7.49. The van der Waals surface area contributed by atoms with Gasteiger partial charge in [-0.1, -0.05) is 36.4 Å². The van der Waals surface area contributed by atoms with Gasteiger partial charge in [-0.25, -0.2) is 0 Å². The molecule has 0 bridgehead atoms. The Labute approximate surface area is 162 Å². The van der Waals surface area contributed by atoms with Gasteiger partial charge in [0.2, 0.25) is 5.91 Å². The zero-order valence-corrected chi connectivity index (χ0v) is 15.4. The molecular formula is C22H22F3NO2. The second-order valence-electron chi connectivity index (χ2n) is 7.49. The zero-order chi connectivity index (χ0) is 19.7. The van der Waals surface area contributed by atoms with Crippen molar-refractivity contribution in [1.29, 1.82) is 0 Å². The van der Waals surface area contributed by atoms with Crippen molar-refractivity contribution in [2.45, 2.75) is 37.5 Å². The van der Waals surface area contributed by atoms with E-state index >= 15 is 0 Å². The number of alkyl halides is 3. The van der Waals surface area contributed by atoms with Crippen LogP contribution in [0.4, 0.5) is 13.2 Å². The molecule has 2 fully saturated rings. The highest BCUT2D eigenvalue weighted by Crippen LogP contribution is 2.51. The first-order valence-electron chi connectivity index (χ1n) is 9.60. The number of hydrogen-bond donors (Lipinski definition) is 0. The summed E-state index contributed by atoms with van der Waals surface area (Å²) in [5, 5.41) is 0. The lowest BCUT2D eigenvalue weighted by atomic mass is 10.0. The highest BCUT2D eigenvalue weighted by molar-refractivity contribution is 5.83. The van der Waals surface area contributed by atoms with E-state index in [0.717, 1.165) is 24.7 Å². The summed E-state index contributed by atoms with van der Waals surface area (Å²) in [5.74, 6) is 0.122. The quantitative estimate of drug-likeness (QED) is 0.746. The molecule has 1 aliphatic carbocycles. The number of halogens is 3. The molecule has 2 aromatic carbocycles. The topological polar surface area (TPSA) is 29.5 Å². The van der Waals surface area contributed by atoms with Crippen molar-refractivity contribution < 1.29 is 22.7 Å². The largest absolute Gasteiger partial charge is 0.490 e. The average molecular weight is 389 g/mol. The van der Waals surface area contributed by atoms with E-state index in [0.29, 0.717) is 19.5 Å². The molecular weight excluding hydrogens is 367 g/mol. The van der Waals surface area contributed by atoms with E-state index in [1.54, 1.807) is 11.0 Å². The Morgan fingerprint density at radius 1 is 0.964 bits per heavy atom. The van der Waals surface area contributed by atoms with Crippen molar-refractivity contribution in [3.8, 4) is 5.75 Å². The Kier molecular flexibility index (Phi) is 5.04. The number of ether oxygens (including phenoxy) is 1. The van der Waals surface area contributed by atoms with Crippen LogP contribution in [0.15, 0.2) is 54.6 Å². The molecule has 0 spiro atoms. The third kappa shape index (κ3) is 4.01. The van der Waals surface area contributed by atoms with Crippen LogP contribution in [0.5, 0.6) is 5.75 Å². The molecule has 0 unspecified atom stereocenters. The van der Waals surface area contributed by atoms with Crippen LogP contribution in [0, 0.1) is 5.92 Å². The van der Waals surface area contributed by atoms with Gasteiger partial charge in [0, 0.05) is 31.8 Å². The van der Waals surface area contributed by atoms with Gasteiger partial charge in [-0.2, -0.15) is 13.2 Å². The van der Waals surface area contributed by atoms with E-state index in [2.05, 4.69) is 0 Å². The van der Waals surface area contributed by atoms with E-state index in [1.807, 2.05) is 30.3 Å². The van der Waals surface area contributed by atoms with Crippen LogP contribution >= 0.6 is 0 Å². The maximum atomic E-state index is 13.2. The predicted octanol–water partition coefficient (Wildman–Crippen LogP) is 4.88. The Hall–Kier alpha value is -2.50. The molecule has 28 heavy (non-hydrogen) atoms.